The maximum atomic E-state index is 11.7. The minimum absolute atomic E-state index is 0.0319. The first kappa shape index (κ1) is 38.8. The highest BCUT2D eigenvalue weighted by molar-refractivity contribution is 6.07. The molecule has 4 aromatic rings. The largest absolute Gasteiger partial charge is 0.289 e. The van der Waals surface area contributed by atoms with Gasteiger partial charge in [-0.2, -0.15) is 0 Å². The predicted molar refractivity (Wildman–Crippen MR) is 185 cm³/mol. The molecular weight excluding hydrogens is 500 g/mol. The lowest BCUT2D eigenvalue weighted by molar-refractivity contribution is 0.103. The summed E-state index contributed by atoms with van der Waals surface area (Å²) in [5.41, 5.74) is 3.50. The average Bonchev–Trinajstić information content (AvgIpc) is 3.12. The Labute approximate surface area is 252 Å². The fourth-order valence-corrected chi connectivity index (χ4v) is 2.87. The monoisotopic (exact) mass is 554 g/mol. The maximum absolute atomic E-state index is 11.7. The van der Waals surface area contributed by atoms with Crippen LogP contribution >= 0.6 is 0 Å². The number of allylic oxidation sites excluding steroid dienone is 2. The van der Waals surface area contributed by atoms with Crippen molar-refractivity contribution < 1.29 is 11.0 Å². The Bertz CT molecular complexity index is 1070. The van der Waals surface area contributed by atoms with E-state index in [1.54, 1.807) is 12.2 Å². The van der Waals surface area contributed by atoms with Crippen LogP contribution in [0, 0.1) is 0 Å². The van der Waals surface area contributed by atoms with E-state index in [0.29, 0.717) is 0 Å². The predicted octanol–water partition coefficient (Wildman–Crippen LogP) is 11.9. The zero-order valence-corrected chi connectivity index (χ0v) is 26.7. The SMILES string of the molecule is CC.CC.CC.CC.O=C(/C=C/c1ccccc1)c1ccccc1.O=C(/C=C\c1ccccc1)c1ccccc1.[3H]C. The smallest absolute Gasteiger partial charge is 0.185 e. The van der Waals surface area contributed by atoms with Gasteiger partial charge in [-0.15, -0.1) is 0 Å². The van der Waals surface area contributed by atoms with Gasteiger partial charge in [-0.05, 0) is 23.3 Å². The summed E-state index contributed by atoms with van der Waals surface area (Å²) in [6.45, 7) is 16.0. The highest BCUT2D eigenvalue weighted by atomic mass is 16.1. The van der Waals surface area contributed by atoms with Gasteiger partial charge in [0, 0.05) is 12.5 Å². The van der Waals surface area contributed by atoms with E-state index >= 15 is 0 Å². The van der Waals surface area contributed by atoms with E-state index < -0.39 is 0 Å². The molecule has 0 amide bonds. The number of carbonyl (C=O) groups excluding carboxylic acids is 2. The van der Waals surface area contributed by atoms with E-state index in [1.165, 1.54) is 7.40 Å². The van der Waals surface area contributed by atoms with Gasteiger partial charge >= 0.3 is 0 Å². The van der Waals surface area contributed by atoms with Crippen LogP contribution in [0.15, 0.2) is 133 Å². The summed E-state index contributed by atoms with van der Waals surface area (Å²) in [6.07, 6.45) is 6.86. The van der Waals surface area contributed by atoms with Crippen LogP contribution in [0.1, 0.15) is 96.0 Å². The molecule has 0 N–H and O–H groups in total. The number of hydrogen-bond acceptors (Lipinski definition) is 2. The fourth-order valence-electron chi connectivity index (χ4n) is 2.87. The van der Waals surface area contributed by atoms with Gasteiger partial charge in [-0.25, -0.2) is 0 Å². The lowest BCUT2D eigenvalue weighted by Gasteiger charge is -1.94. The number of ketones is 2. The van der Waals surface area contributed by atoms with Crippen molar-refractivity contribution in [1.29, 1.82) is 0 Å². The molecule has 0 saturated carbocycles. The highest BCUT2D eigenvalue weighted by Gasteiger charge is 1.99. The summed E-state index contributed by atoms with van der Waals surface area (Å²) in [6, 6.07) is 38.1. The zero-order valence-electron chi connectivity index (χ0n) is 27.7. The summed E-state index contributed by atoms with van der Waals surface area (Å²) in [4.78, 5) is 23.5. The average molecular weight is 555 g/mol. The van der Waals surface area contributed by atoms with Crippen molar-refractivity contribution in [3.63, 3.8) is 0 Å². The van der Waals surface area contributed by atoms with Crippen LogP contribution in [0.5, 0.6) is 0 Å². The van der Waals surface area contributed by atoms with Gasteiger partial charge in [0.05, 0.1) is 0 Å². The molecule has 0 atom stereocenters. The molecule has 0 fully saturated rings. The minimum atomic E-state index is 0.0319. The van der Waals surface area contributed by atoms with Gasteiger partial charge in [0.2, 0.25) is 0 Å². The lowest BCUT2D eigenvalue weighted by atomic mass is 10.1. The molecule has 2 heteroatoms. The first-order valence-electron chi connectivity index (χ1n) is 15.4. The first-order chi connectivity index (χ1) is 20.7. The van der Waals surface area contributed by atoms with E-state index in [9.17, 15) is 9.59 Å². The Kier molecular flexibility index (Phi) is 28.7. The van der Waals surface area contributed by atoms with E-state index in [0.717, 1.165) is 22.3 Å². The molecular formula is C39H52O2. The molecule has 0 saturated heterocycles. The second-order valence-electron chi connectivity index (χ2n) is 6.95. The third kappa shape index (κ3) is 19.4. The van der Waals surface area contributed by atoms with E-state index in [-0.39, 0.29) is 11.6 Å². The summed E-state index contributed by atoms with van der Waals surface area (Å²) >= 11 is 0. The zero-order chi connectivity index (χ0) is 32.4. The molecule has 41 heavy (non-hydrogen) atoms. The van der Waals surface area contributed by atoms with Gasteiger partial charge in [-0.1, -0.05) is 196 Å². The molecule has 0 aliphatic heterocycles. The van der Waals surface area contributed by atoms with E-state index in [1.807, 2.05) is 189 Å². The Morgan fingerprint density at radius 2 is 0.659 bits per heavy atom. The van der Waals surface area contributed by atoms with Gasteiger partial charge in [0.15, 0.2) is 11.6 Å². The van der Waals surface area contributed by atoms with Crippen molar-refractivity contribution in [2.75, 3.05) is 0 Å². The van der Waals surface area contributed by atoms with Crippen molar-refractivity contribution in [3.8, 4) is 0 Å². The van der Waals surface area contributed by atoms with Crippen molar-refractivity contribution in [2.45, 2.75) is 62.8 Å². The summed E-state index contributed by atoms with van der Waals surface area (Å²) < 4.78 is 5.75. The first-order valence-corrected chi connectivity index (χ1v) is 14.4. The second kappa shape index (κ2) is 30.2. The molecule has 4 aromatic carbocycles. The van der Waals surface area contributed by atoms with Gasteiger partial charge < -0.3 is 0 Å². The molecule has 0 aromatic heterocycles. The molecule has 2 nitrogen and oxygen atoms in total. The number of rotatable bonds is 6. The molecule has 220 valence electrons. The van der Waals surface area contributed by atoms with Crippen LogP contribution in [0.4, 0.5) is 0 Å². The van der Waals surface area contributed by atoms with E-state index in [4.69, 9.17) is 1.37 Å². The van der Waals surface area contributed by atoms with Gasteiger partial charge in [0.25, 0.3) is 0 Å². The summed E-state index contributed by atoms with van der Waals surface area (Å²) in [7, 11) is 1.25. The highest BCUT2D eigenvalue weighted by Crippen LogP contribution is 2.06. The van der Waals surface area contributed by atoms with Crippen LogP contribution in [-0.4, -0.2) is 11.6 Å². The Balaban J connectivity index is -0.000000559. The van der Waals surface area contributed by atoms with Crippen molar-refractivity contribution in [2.24, 2.45) is 0 Å². The molecule has 0 unspecified atom stereocenters. The molecule has 4 rings (SSSR count). The van der Waals surface area contributed by atoms with Crippen LogP contribution < -0.4 is 0 Å². The van der Waals surface area contributed by atoms with Crippen LogP contribution in [0.3, 0.4) is 0 Å². The quantitative estimate of drug-likeness (QED) is 0.175. The normalized spacial score (nSPS) is 8.95. The number of carbonyl (C=O) groups is 2. The summed E-state index contributed by atoms with van der Waals surface area (Å²) in [5.74, 6) is 0.0638. The van der Waals surface area contributed by atoms with Crippen molar-refractivity contribution in [3.05, 3.63) is 156 Å². The molecule has 0 heterocycles. The fraction of sp³-hybridized carbons (Fsp3) is 0.231. The Morgan fingerprint density at radius 1 is 0.439 bits per heavy atom. The second-order valence-corrected chi connectivity index (χ2v) is 6.95. The van der Waals surface area contributed by atoms with Gasteiger partial charge in [-0.3, -0.25) is 9.59 Å². The van der Waals surface area contributed by atoms with Crippen molar-refractivity contribution >= 4 is 23.7 Å². The Hall–Kier alpha value is -4.30. The van der Waals surface area contributed by atoms with Crippen LogP contribution in [-0.2, 0) is 0 Å². The topological polar surface area (TPSA) is 34.1 Å². The molecule has 0 bridgehead atoms. The summed E-state index contributed by atoms with van der Waals surface area (Å²) in [5, 5.41) is 0. The van der Waals surface area contributed by atoms with E-state index in [2.05, 4.69) is 0 Å². The maximum Gasteiger partial charge on any atom is 0.185 e. The Morgan fingerprint density at radius 3 is 0.902 bits per heavy atom. The third-order valence-electron chi connectivity index (χ3n) is 4.57. The lowest BCUT2D eigenvalue weighted by Crippen LogP contribution is -1.92. The third-order valence-corrected chi connectivity index (χ3v) is 4.57. The molecule has 0 spiro atoms. The minimum Gasteiger partial charge on any atom is -0.289 e. The van der Waals surface area contributed by atoms with Crippen LogP contribution in [0.25, 0.3) is 12.2 Å². The molecule has 0 aliphatic carbocycles. The number of benzene rings is 4. The van der Waals surface area contributed by atoms with Crippen LogP contribution in [0.2, 0.25) is 0 Å². The molecule has 0 aliphatic rings. The standard InChI is InChI=1S/2C15H12O.4C2H6.CH4/c2*16-15(14-9-5-2-6-10-14)12-11-13-7-3-1-4-8-13;4*1-2;/h2*1-12H;4*1-2H3;1H4/b12-11+;12-11-;;;;;/i;;;;;;1T. The molecule has 0 radical (unpaired) electrons. The number of hydrogen-bond donors (Lipinski definition) is 0. The van der Waals surface area contributed by atoms with Gasteiger partial charge in [0.1, 0.15) is 0 Å². The van der Waals surface area contributed by atoms with Crippen molar-refractivity contribution in [1.82, 2.24) is 0 Å².